The summed E-state index contributed by atoms with van der Waals surface area (Å²) >= 11 is 0. The standard InChI is InChI=1S/C15H14F3N3O3/c1-8(9-2-4-10(5-3-9)15(16,17)18)7-19-13(22)11-6-12(14(23)24)21-20-11/h2-6,8H,7H2,1H3,(H,19,22)(H,20,21)(H,23,24). The lowest BCUT2D eigenvalue weighted by Gasteiger charge is -2.14. The van der Waals surface area contributed by atoms with Crippen LogP contribution < -0.4 is 5.32 Å². The highest BCUT2D eigenvalue weighted by Crippen LogP contribution is 2.30. The van der Waals surface area contributed by atoms with Gasteiger partial charge in [-0.1, -0.05) is 19.1 Å². The molecule has 0 radical (unpaired) electrons. The molecule has 1 unspecified atom stereocenters. The van der Waals surface area contributed by atoms with Crippen molar-refractivity contribution in [2.24, 2.45) is 0 Å². The number of hydrogen-bond donors (Lipinski definition) is 3. The van der Waals surface area contributed by atoms with E-state index in [1.165, 1.54) is 12.1 Å². The van der Waals surface area contributed by atoms with E-state index in [1.807, 2.05) is 0 Å². The summed E-state index contributed by atoms with van der Waals surface area (Å²) in [4.78, 5) is 22.6. The highest BCUT2D eigenvalue weighted by molar-refractivity contribution is 5.95. The molecule has 128 valence electrons. The van der Waals surface area contributed by atoms with E-state index in [0.717, 1.165) is 18.2 Å². The zero-order valence-electron chi connectivity index (χ0n) is 12.5. The van der Waals surface area contributed by atoms with Crippen LogP contribution in [0.3, 0.4) is 0 Å². The van der Waals surface area contributed by atoms with E-state index >= 15 is 0 Å². The number of hydrogen-bond acceptors (Lipinski definition) is 3. The smallest absolute Gasteiger partial charge is 0.416 e. The van der Waals surface area contributed by atoms with Crippen LogP contribution in [0.1, 0.15) is 44.9 Å². The van der Waals surface area contributed by atoms with Crippen molar-refractivity contribution in [3.05, 3.63) is 52.8 Å². The predicted molar refractivity (Wildman–Crippen MR) is 77.7 cm³/mol. The molecule has 3 N–H and O–H groups in total. The maximum atomic E-state index is 12.5. The molecule has 0 aliphatic heterocycles. The monoisotopic (exact) mass is 341 g/mol. The summed E-state index contributed by atoms with van der Waals surface area (Å²) in [6.07, 6.45) is -4.39. The summed E-state index contributed by atoms with van der Waals surface area (Å²) in [5.41, 5.74) is -0.389. The Bertz CT molecular complexity index is 738. The lowest BCUT2D eigenvalue weighted by molar-refractivity contribution is -0.137. The van der Waals surface area contributed by atoms with Crippen LogP contribution in [0.4, 0.5) is 13.2 Å². The SMILES string of the molecule is CC(CNC(=O)c1cc(C(=O)O)[nH]n1)c1ccc(C(F)(F)F)cc1. The number of aromatic carboxylic acids is 1. The molecule has 0 saturated heterocycles. The Morgan fingerprint density at radius 2 is 1.92 bits per heavy atom. The number of carboxylic acid groups (broad SMARTS) is 1. The van der Waals surface area contributed by atoms with Gasteiger partial charge in [0.05, 0.1) is 5.56 Å². The maximum Gasteiger partial charge on any atom is 0.416 e. The van der Waals surface area contributed by atoms with E-state index in [9.17, 15) is 22.8 Å². The Balaban J connectivity index is 1.95. The van der Waals surface area contributed by atoms with Crippen molar-refractivity contribution in [3.63, 3.8) is 0 Å². The third-order valence-electron chi connectivity index (χ3n) is 3.42. The molecule has 0 aliphatic rings. The van der Waals surface area contributed by atoms with Gasteiger partial charge in [-0.25, -0.2) is 4.79 Å². The molecule has 0 saturated carbocycles. The first kappa shape index (κ1) is 17.5. The van der Waals surface area contributed by atoms with Gasteiger partial charge in [-0.05, 0) is 23.6 Å². The molecule has 1 aromatic heterocycles. The van der Waals surface area contributed by atoms with Crippen molar-refractivity contribution in [1.82, 2.24) is 15.5 Å². The number of H-pyrrole nitrogens is 1. The molecule has 0 fully saturated rings. The zero-order chi connectivity index (χ0) is 17.9. The molecule has 0 aliphatic carbocycles. The highest BCUT2D eigenvalue weighted by Gasteiger charge is 2.30. The molecule has 2 rings (SSSR count). The van der Waals surface area contributed by atoms with Crippen LogP contribution >= 0.6 is 0 Å². The van der Waals surface area contributed by atoms with Gasteiger partial charge < -0.3 is 10.4 Å². The van der Waals surface area contributed by atoms with Crippen molar-refractivity contribution < 1.29 is 27.9 Å². The normalized spacial score (nSPS) is 12.7. The number of nitrogens with one attached hydrogen (secondary N) is 2. The number of aromatic amines is 1. The minimum Gasteiger partial charge on any atom is -0.477 e. The minimum absolute atomic E-state index is 0.0768. The Labute approximate surface area is 134 Å². The van der Waals surface area contributed by atoms with Gasteiger partial charge in [0.15, 0.2) is 5.69 Å². The number of amides is 1. The van der Waals surface area contributed by atoms with E-state index in [4.69, 9.17) is 5.11 Å². The largest absolute Gasteiger partial charge is 0.477 e. The van der Waals surface area contributed by atoms with Gasteiger partial charge in [0.1, 0.15) is 5.69 Å². The van der Waals surface area contributed by atoms with Gasteiger partial charge in [-0.2, -0.15) is 18.3 Å². The number of rotatable bonds is 5. The molecular formula is C15H14F3N3O3. The lowest BCUT2D eigenvalue weighted by atomic mass is 9.99. The third-order valence-corrected chi connectivity index (χ3v) is 3.42. The fourth-order valence-electron chi connectivity index (χ4n) is 2.00. The molecule has 1 amide bonds. The summed E-state index contributed by atoms with van der Waals surface area (Å²) < 4.78 is 37.5. The van der Waals surface area contributed by atoms with Crippen molar-refractivity contribution in [2.45, 2.75) is 19.0 Å². The van der Waals surface area contributed by atoms with E-state index in [2.05, 4.69) is 15.5 Å². The fraction of sp³-hybridized carbons (Fsp3) is 0.267. The van der Waals surface area contributed by atoms with E-state index in [-0.39, 0.29) is 23.9 Å². The first-order valence-corrected chi connectivity index (χ1v) is 6.92. The summed E-state index contributed by atoms with van der Waals surface area (Å²) in [6.45, 7) is 1.91. The van der Waals surface area contributed by atoms with Crippen molar-refractivity contribution in [2.75, 3.05) is 6.54 Å². The number of alkyl halides is 3. The first-order valence-electron chi connectivity index (χ1n) is 6.92. The first-order chi connectivity index (χ1) is 11.2. The molecular weight excluding hydrogens is 327 g/mol. The van der Waals surface area contributed by atoms with E-state index in [0.29, 0.717) is 5.56 Å². The highest BCUT2D eigenvalue weighted by atomic mass is 19.4. The van der Waals surface area contributed by atoms with Crippen LogP contribution in [0.15, 0.2) is 30.3 Å². The van der Waals surface area contributed by atoms with Gasteiger partial charge in [0, 0.05) is 12.6 Å². The fourth-order valence-corrected chi connectivity index (χ4v) is 2.00. The molecule has 0 bridgehead atoms. The Morgan fingerprint density at radius 1 is 1.29 bits per heavy atom. The molecule has 6 nitrogen and oxygen atoms in total. The van der Waals surface area contributed by atoms with Gasteiger partial charge >= 0.3 is 12.1 Å². The quantitative estimate of drug-likeness (QED) is 0.779. The second-order valence-electron chi connectivity index (χ2n) is 5.20. The topological polar surface area (TPSA) is 95.1 Å². The van der Waals surface area contributed by atoms with E-state index in [1.54, 1.807) is 6.92 Å². The van der Waals surface area contributed by atoms with Gasteiger partial charge in [0.25, 0.3) is 5.91 Å². The lowest BCUT2D eigenvalue weighted by Crippen LogP contribution is -2.27. The van der Waals surface area contributed by atoms with Gasteiger partial charge in [0.2, 0.25) is 0 Å². The van der Waals surface area contributed by atoms with Crippen LogP contribution in [0.2, 0.25) is 0 Å². The van der Waals surface area contributed by atoms with Crippen molar-refractivity contribution in [3.8, 4) is 0 Å². The number of carbonyl (C=O) groups is 2. The average molecular weight is 341 g/mol. The van der Waals surface area contributed by atoms with Crippen molar-refractivity contribution >= 4 is 11.9 Å². The molecule has 9 heteroatoms. The molecule has 1 aromatic carbocycles. The number of nitrogens with zero attached hydrogens (tertiary/aromatic N) is 1. The number of benzene rings is 1. The zero-order valence-corrected chi connectivity index (χ0v) is 12.5. The number of carbonyl (C=O) groups excluding carboxylic acids is 1. The Morgan fingerprint density at radius 3 is 2.42 bits per heavy atom. The Kier molecular flexibility index (Phi) is 4.91. The molecule has 1 atom stereocenters. The van der Waals surface area contributed by atoms with Crippen molar-refractivity contribution in [1.29, 1.82) is 0 Å². The van der Waals surface area contributed by atoms with Crippen LogP contribution in [-0.2, 0) is 6.18 Å². The number of halogens is 3. The molecule has 0 spiro atoms. The second kappa shape index (κ2) is 6.73. The van der Waals surface area contributed by atoms with Gasteiger partial charge in [-0.15, -0.1) is 0 Å². The Hall–Kier alpha value is -2.84. The molecule has 24 heavy (non-hydrogen) atoms. The summed E-state index contributed by atoms with van der Waals surface area (Å²) in [7, 11) is 0. The van der Waals surface area contributed by atoms with Crippen LogP contribution in [-0.4, -0.2) is 33.7 Å². The van der Waals surface area contributed by atoms with Gasteiger partial charge in [-0.3, -0.25) is 9.89 Å². The third kappa shape index (κ3) is 4.12. The van der Waals surface area contributed by atoms with Crippen LogP contribution in [0.5, 0.6) is 0 Å². The molecule has 1 heterocycles. The van der Waals surface area contributed by atoms with Crippen LogP contribution in [0, 0.1) is 0 Å². The maximum absolute atomic E-state index is 12.5. The summed E-state index contributed by atoms with van der Waals surface area (Å²) in [6, 6.07) is 5.79. The number of carboxylic acids is 1. The average Bonchev–Trinajstić information content (AvgIpc) is 3.02. The van der Waals surface area contributed by atoms with E-state index < -0.39 is 23.6 Å². The summed E-state index contributed by atoms with van der Waals surface area (Å²) in [5.74, 6) is -2.04. The summed E-state index contributed by atoms with van der Waals surface area (Å²) in [5, 5.41) is 17.1. The molecule has 2 aromatic rings. The number of aromatic nitrogens is 2. The van der Waals surface area contributed by atoms with Crippen LogP contribution in [0.25, 0.3) is 0 Å². The second-order valence-corrected chi connectivity index (χ2v) is 5.20. The minimum atomic E-state index is -4.39. The predicted octanol–water partition coefficient (Wildman–Crippen LogP) is 2.66.